The minimum absolute atomic E-state index is 0.0689. The average Bonchev–Trinajstić information content (AvgIpc) is 2.55. The molecule has 0 unspecified atom stereocenters. The first-order valence-corrected chi connectivity index (χ1v) is 6.19. The van der Waals surface area contributed by atoms with Gasteiger partial charge in [0.25, 0.3) is 5.56 Å². The highest BCUT2D eigenvalue weighted by Crippen LogP contribution is 2.36. The molecular formula is C9H5BrClFN2OS. The highest BCUT2D eigenvalue weighted by Gasteiger charge is 2.12. The lowest BCUT2D eigenvalue weighted by molar-refractivity contribution is 0.589. The van der Waals surface area contributed by atoms with Crippen molar-refractivity contribution < 1.29 is 4.39 Å². The SMILES string of the molecule is Cc1nc(-c2cc(Br)c(Cl)s2)[nH]c(=O)c1F. The monoisotopic (exact) mass is 322 g/mol. The second-order valence-corrected chi connectivity index (χ2v) is 5.55. The lowest BCUT2D eigenvalue weighted by atomic mass is 10.4. The van der Waals surface area contributed by atoms with Crippen molar-refractivity contribution in [1.29, 1.82) is 0 Å². The van der Waals surface area contributed by atoms with Crippen LogP contribution in [0.5, 0.6) is 0 Å². The summed E-state index contributed by atoms with van der Waals surface area (Å²) in [6.45, 7) is 1.44. The number of hydrogen-bond acceptors (Lipinski definition) is 3. The third-order valence-corrected chi connectivity index (χ3v) is 4.39. The van der Waals surface area contributed by atoms with E-state index in [2.05, 4.69) is 25.9 Å². The first kappa shape index (κ1) is 11.8. The van der Waals surface area contributed by atoms with Crippen molar-refractivity contribution in [2.75, 3.05) is 0 Å². The fraction of sp³-hybridized carbons (Fsp3) is 0.111. The van der Waals surface area contributed by atoms with E-state index in [1.807, 2.05) is 0 Å². The van der Waals surface area contributed by atoms with Gasteiger partial charge in [-0.1, -0.05) is 11.6 Å². The number of aromatic amines is 1. The van der Waals surface area contributed by atoms with Crippen molar-refractivity contribution in [2.24, 2.45) is 0 Å². The molecule has 3 nitrogen and oxygen atoms in total. The van der Waals surface area contributed by atoms with Crippen LogP contribution in [-0.2, 0) is 0 Å². The van der Waals surface area contributed by atoms with Gasteiger partial charge >= 0.3 is 0 Å². The van der Waals surface area contributed by atoms with Crippen LogP contribution in [0.15, 0.2) is 15.3 Å². The van der Waals surface area contributed by atoms with E-state index in [1.165, 1.54) is 18.3 Å². The Kier molecular flexibility index (Phi) is 3.14. The van der Waals surface area contributed by atoms with Crippen molar-refractivity contribution >= 4 is 38.9 Å². The van der Waals surface area contributed by atoms with E-state index >= 15 is 0 Å². The van der Waals surface area contributed by atoms with Crippen LogP contribution >= 0.6 is 38.9 Å². The quantitative estimate of drug-likeness (QED) is 0.874. The zero-order chi connectivity index (χ0) is 11.9. The van der Waals surface area contributed by atoms with Gasteiger partial charge in [-0.3, -0.25) is 4.79 Å². The van der Waals surface area contributed by atoms with Crippen molar-refractivity contribution in [1.82, 2.24) is 9.97 Å². The number of aromatic nitrogens is 2. The lowest BCUT2D eigenvalue weighted by Gasteiger charge is -1.99. The topological polar surface area (TPSA) is 45.8 Å². The highest BCUT2D eigenvalue weighted by molar-refractivity contribution is 9.10. The molecule has 0 spiro atoms. The molecule has 0 aliphatic carbocycles. The molecular weight excluding hydrogens is 319 g/mol. The third kappa shape index (κ3) is 2.05. The van der Waals surface area contributed by atoms with Gasteiger partial charge in [-0.15, -0.1) is 11.3 Å². The summed E-state index contributed by atoms with van der Waals surface area (Å²) in [4.78, 5) is 18.2. The molecule has 84 valence electrons. The molecule has 0 saturated heterocycles. The Balaban J connectivity index is 2.61. The summed E-state index contributed by atoms with van der Waals surface area (Å²) >= 11 is 10.4. The summed E-state index contributed by atoms with van der Waals surface area (Å²) < 4.78 is 14.3. The van der Waals surface area contributed by atoms with E-state index in [0.717, 1.165) is 4.47 Å². The molecule has 0 aromatic carbocycles. The fourth-order valence-electron chi connectivity index (χ4n) is 1.15. The number of H-pyrrole nitrogens is 1. The van der Waals surface area contributed by atoms with Gasteiger partial charge in [0.2, 0.25) is 5.82 Å². The molecule has 2 heterocycles. The number of nitrogens with one attached hydrogen (secondary N) is 1. The van der Waals surface area contributed by atoms with Crippen molar-refractivity contribution in [3.05, 3.63) is 36.7 Å². The van der Waals surface area contributed by atoms with E-state index in [-0.39, 0.29) is 5.69 Å². The number of rotatable bonds is 1. The van der Waals surface area contributed by atoms with Gasteiger partial charge in [0.05, 0.1) is 10.6 Å². The van der Waals surface area contributed by atoms with Gasteiger partial charge in [-0.2, -0.15) is 4.39 Å². The molecule has 0 saturated carbocycles. The molecule has 0 atom stereocenters. The second-order valence-electron chi connectivity index (χ2n) is 3.05. The smallest absolute Gasteiger partial charge is 0.287 e. The number of nitrogens with zero attached hydrogens (tertiary/aromatic N) is 1. The normalized spacial score (nSPS) is 10.8. The van der Waals surface area contributed by atoms with E-state index in [4.69, 9.17) is 11.6 Å². The standard InChI is InChI=1S/C9H5BrClFN2OS/c1-3-6(12)9(15)14-8(13-3)5-2-4(10)7(11)16-5/h2H,1H3,(H,13,14,15). The number of halogens is 3. The Bertz CT molecular complexity index is 591. The molecule has 16 heavy (non-hydrogen) atoms. The minimum atomic E-state index is -0.856. The Hall–Kier alpha value is -0.720. The van der Waals surface area contributed by atoms with E-state index in [0.29, 0.717) is 15.0 Å². The van der Waals surface area contributed by atoms with Crippen LogP contribution in [0.1, 0.15) is 5.69 Å². The van der Waals surface area contributed by atoms with Crippen LogP contribution < -0.4 is 5.56 Å². The van der Waals surface area contributed by atoms with Crippen molar-refractivity contribution in [3.8, 4) is 10.7 Å². The zero-order valence-electron chi connectivity index (χ0n) is 7.97. The van der Waals surface area contributed by atoms with Gasteiger partial charge in [0.1, 0.15) is 4.34 Å². The Morgan fingerprint density at radius 1 is 1.62 bits per heavy atom. The summed E-state index contributed by atoms with van der Waals surface area (Å²) in [6, 6.07) is 1.72. The van der Waals surface area contributed by atoms with Crippen LogP contribution in [0.2, 0.25) is 4.34 Å². The summed E-state index contributed by atoms with van der Waals surface area (Å²) in [5, 5.41) is 0. The lowest BCUT2D eigenvalue weighted by Crippen LogP contribution is -2.15. The van der Waals surface area contributed by atoms with Crippen molar-refractivity contribution in [3.63, 3.8) is 0 Å². The summed E-state index contributed by atoms with van der Waals surface area (Å²) in [5.41, 5.74) is -0.706. The van der Waals surface area contributed by atoms with Crippen LogP contribution in [0, 0.1) is 12.7 Å². The van der Waals surface area contributed by atoms with E-state index in [1.54, 1.807) is 6.07 Å². The van der Waals surface area contributed by atoms with Crippen LogP contribution in [0.3, 0.4) is 0 Å². The average molecular weight is 324 g/mol. The molecule has 0 amide bonds. The largest absolute Gasteiger partial charge is 0.303 e. The van der Waals surface area contributed by atoms with Gasteiger partial charge in [0.15, 0.2) is 5.82 Å². The molecule has 7 heteroatoms. The Morgan fingerprint density at radius 2 is 2.31 bits per heavy atom. The van der Waals surface area contributed by atoms with Gasteiger partial charge < -0.3 is 4.98 Å². The number of aryl methyl sites for hydroxylation is 1. The van der Waals surface area contributed by atoms with Crippen LogP contribution in [0.25, 0.3) is 10.7 Å². The molecule has 0 radical (unpaired) electrons. The van der Waals surface area contributed by atoms with Gasteiger partial charge in [-0.25, -0.2) is 4.98 Å². The first-order valence-electron chi connectivity index (χ1n) is 4.20. The molecule has 2 aromatic heterocycles. The Labute approximate surface area is 107 Å². The molecule has 2 rings (SSSR count). The van der Waals surface area contributed by atoms with Gasteiger partial charge in [0, 0.05) is 4.47 Å². The molecule has 0 bridgehead atoms. The summed E-state index contributed by atoms with van der Waals surface area (Å²) in [7, 11) is 0. The number of hydrogen-bond donors (Lipinski definition) is 1. The Morgan fingerprint density at radius 3 is 2.81 bits per heavy atom. The predicted octanol–water partition coefficient (Wildman–Crippen LogP) is 3.36. The van der Waals surface area contributed by atoms with Gasteiger partial charge in [-0.05, 0) is 28.9 Å². The maximum absolute atomic E-state index is 13.1. The molecule has 1 N–H and O–H groups in total. The van der Waals surface area contributed by atoms with Crippen molar-refractivity contribution in [2.45, 2.75) is 6.92 Å². The summed E-state index contributed by atoms with van der Waals surface area (Å²) in [6.07, 6.45) is 0. The second kappa shape index (κ2) is 4.27. The molecule has 2 aromatic rings. The molecule has 0 aliphatic rings. The summed E-state index contributed by atoms with van der Waals surface area (Å²) in [5.74, 6) is -0.535. The third-order valence-electron chi connectivity index (χ3n) is 1.91. The van der Waals surface area contributed by atoms with Crippen LogP contribution in [-0.4, -0.2) is 9.97 Å². The zero-order valence-corrected chi connectivity index (χ0v) is 11.1. The first-order chi connectivity index (χ1) is 7.49. The maximum atomic E-state index is 13.1. The molecule has 0 fully saturated rings. The van der Waals surface area contributed by atoms with Crippen LogP contribution in [0.4, 0.5) is 4.39 Å². The maximum Gasteiger partial charge on any atom is 0.287 e. The number of thiophene rings is 1. The van der Waals surface area contributed by atoms with E-state index in [9.17, 15) is 9.18 Å². The minimum Gasteiger partial charge on any atom is -0.303 e. The molecule has 0 aliphatic heterocycles. The predicted molar refractivity (Wildman–Crippen MR) is 65.6 cm³/mol. The highest BCUT2D eigenvalue weighted by atomic mass is 79.9. The fourth-order valence-corrected chi connectivity index (χ4v) is 2.80. The van der Waals surface area contributed by atoms with E-state index < -0.39 is 11.4 Å².